The van der Waals surface area contributed by atoms with Gasteiger partial charge in [-0.15, -0.1) is 13.2 Å². The number of urea groups is 1. The average Bonchev–Trinajstić information content (AvgIpc) is 3.03. The molecule has 32 heavy (non-hydrogen) atoms. The largest absolute Gasteiger partial charge is 0.573 e. The summed E-state index contributed by atoms with van der Waals surface area (Å²) >= 11 is 0. The number of carbonyl (C=O) groups is 1. The van der Waals surface area contributed by atoms with Crippen LogP contribution in [0.1, 0.15) is 17.2 Å². The summed E-state index contributed by atoms with van der Waals surface area (Å²) in [6.07, 6.45) is -4.86. The van der Waals surface area contributed by atoms with Gasteiger partial charge in [0.25, 0.3) is 0 Å². The fraction of sp³-hybridized carbons (Fsp3) is 0.300. The van der Waals surface area contributed by atoms with Crippen molar-refractivity contribution in [2.24, 2.45) is 0 Å². The van der Waals surface area contributed by atoms with Crippen LogP contribution < -0.4 is 20.7 Å². The van der Waals surface area contributed by atoms with E-state index in [4.69, 9.17) is 0 Å². The molecule has 0 saturated heterocycles. The zero-order valence-corrected chi connectivity index (χ0v) is 17.6. The summed E-state index contributed by atoms with van der Waals surface area (Å²) in [6.45, 7) is 6.08. The summed E-state index contributed by atoms with van der Waals surface area (Å²) in [5, 5.41) is 12.4. The molecule has 3 N–H and O–H groups in total. The summed E-state index contributed by atoms with van der Waals surface area (Å²) in [7, 11) is 0. The Bertz CT molecular complexity index is 1100. The quantitative estimate of drug-likeness (QED) is 0.475. The number of amides is 2. The number of hydrogen-bond acceptors (Lipinski definition) is 6. The SMILES string of the molecule is Cc1cc(C)n(-c2cc(NCCNC(=O)Nc3ccccc3OC(F)(F)F)nc(C)n2)n1. The van der Waals surface area contributed by atoms with Crippen molar-refractivity contribution in [3.05, 3.63) is 53.6 Å². The summed E-state index contributed by atoms with van der Waals surface area (Å²) in [4.78, 5) is 20.8. The molecule has 170 valence electrons. The van der Waals surface area contributed by atoms with E-state index in [9.17, 15) is 18.0 Å². The maximum atomic E-state index is 12.5. The molecule has 0 bridgehead atoms. The van der Waals surface area contributed by atoms with Crippen molar-refractivity contribution in [1.29, 1.82) is 0 Å². The first-order chi connectivity index (χ1) is 15.1. The predicted molar refractivity (Wildman–Crippen MR) is 112 cm³/mol. The topological polar surface area (TPSA) is 106 Å². The third-order valence-electron chi connectivity index (χ3n) is 4.13. The molecular formula is C20H22F3N7O2. The van der Waals surface area contributed by atoms with Gasteiger partial charge >= 0.3 is 12.4 Å². The van der Waals surface area contributed by atoms with Crippen molar-refractivity contribution in [2.45, 2.75) is 27.1 Å². The highest BCUT2D eigenvalue weighted by atomic mass is 19.4. The van der Waals surface area contributed by atoms with E-state index in [1.54, 1.807) is 17.7 Å². The molecule has 3 aromatic rings. The average molecular weight is 449 g/mol. The second-order valence-electron chi connectivity index (χ2n) is 6.85. The van der Waals surface area contributed by atoms with Crippen molar-refractivity contribution >= 4 is 17.5 Å². The normalized spacial score (nSPS) is 11.2. The van der Waals surface area contributed by atoms with E-state index in [1.807, 2.05) is 19.9 Å². The van der Waals surface area contributed by atoms with Gasteiger partial charge in [-0.3, -0.25) is 0 Å². The molecule has 9 nitrogen and oxygen atoms in total. The number of rotatable bonds is 7. The van der Waals surface area contributed by atoms with Gasteiger partial charge in [-0.2, -0.15) is 5.10 Å². The van der Waals surface area contributed by atoms with Crippen LogP contribution in [-0.2, 0) is 0 Å². The number of para-hydroxylation sites is 2. The lowest BCUT2D eigenvalue weighted by Crippen LogP contribution is -2.33. The van der Waals surface area contributed by atoms with Crippen molar-refractivity contribution in [2.75, 3.05) is 23.7 Å². The number of carbonyl (C=O) groups excluding carboxylic acids is 1. The summed E-state index contributed by atoms with van der Waals surface area (Å²) in [5.74, 6) is 1.20. The minimum Gasteiger partial charge on any atom is -0.404 e. The minimum atomic E-state index is -4.86. The number of hydrogen-bond donors (Lipinski definition) is 3. The maximum Gasteiger partial charge on any atom is 0.573 e. The number of alkyl halides is 3. The van der Waals surface area contributed by atoms with Gasteiger partial charge in [0.2, 0.25) is 0 Å². The van der Waals surface area contributed by atoms with E-state index >= 15 is 0 Å². The molecule has 0 aliphatic carbocycles. The Morgan fingerprint density at radius 1 is 1.09 bits per heavy atom. The fourth-order valence-electron chi connectivity index (χ4n) is 2.93. The first kappa shape index (κ1) is 22.8. The van der Waals surface area contributed by atoms with E-state index < -0.39 is 18.1 Å². The number of anilines is 2. The Kier molecular flexibility index (Phi) is 6.81. The van der Waals surface area contributed by atoms with Gasteiger partial charge in [-0.1, -0.05) is 12.1 Å². The maximum absolute atomic E-state index is 12.5. The van der Waals surface area contributed by atoms with Crippen molar-refractivity contribution in [3.8, 4) is 11.6 Å². The molecule has 0 unspecified atom stereocenters. The Morgan fingerprint density at radius 3 is 2.53 bits per heavy atom. The van der Waals surface area contributed by atoms with Gasteiger partial charge in [0.15, 0.2) is 11.6 Å². The van der Waals surface area contributed by atoms with Crippen LogP contribution in [0.25, 0.3) is 5.82 Å². The fourth-order valence-corrected chi connectivity index (χ4v) is 2.93. The molecule has 1 aromatic carbocycles. The van der Waals surface area contributed by atoms with Crippen molar-refractivity contribution in [1.82, 2.24) is 25.1 Å². The molecule has 3 rings (SSSR count). The molecule has 2 aromatic heterocycles. The van der Waals surface area contributed by atoms with Crippen LogP contribution in [0.4, 0.5) is 29.5 Å². The lowest BCUT2D eigenvalue weighted by atomic mass is 10.3. The highest BCUT2D eigenvalue weighted by molar-refractivity contribution is 5.90. The second-order valence-corrected chi connectivity index (χ2v) is 6.85. The number of halogens is 3. The van der Waals surface area contributed by atoms with Gasteiger partial charge in [0, 0.05) is 24.8 Å². The van der Waals surface area contributed by atoms with Crippen LogP contribution in [0.3, 0.4) is 0 Å². The van der Waals surface area contributed by atoms with Crippen LogP contribution >= 0.6 is 0 Å². The summed E-state index contributed by atoms with van der Waals surface area (Å²) in [5.41, 5.74) is 1.70. The number of benzene rings is 1. The molecule has 0 aliphatic rings. The lowest BCUT2D eigenvalue weighted by Gasteiger charge is -2.14. The zero-order chi connectivity index (χ0) is 23.3. The van der Waals surface area contributed by atoms with E-state index in [-0.39, 0.29) is 12.2 Å². The first-order valence-corrected chi connectivity index (χ1v) is 9.63. The van der Waals surface area contributed by atoms with Crippen LogP contribution in [0.2, 0.25) is 0 Å². The van der Waals surface area contributed by atoms with Crippen molar-refractivity contribution in [3.63, 3.8) is 0 Å². The van der Waals surface area contributed by atoms with E-state index in [0.717, 1.165) is 17.5 Å². The molecule has 0 atom stereocenters. The third kappa shape index (κ3) is 6.33. The number of aryl methyl sites for hydroxylation is 3. The zero-order valence-electron chi connectivity index (χ0n) is 17.6. The number of nitrogens with one attached hydrogen (secondary N) is 3. The summed E-state index contributed by atoms with van der Waals surface area (Å²) in [6, 6.07) is 8.27. The predicted octanol–water partition coefficient (Wildman–Crippen LogP) is 3.72. The minimum absolute atomic E-state index is 0.101. The van der Waals surface area contributed by atoms with Gasteiger partial charge in [-0.25, -0.2) is 19.4 Å². The standard InChI is InChI=1S/C20H22F3N7O2/c1-12-10-13(2)30(29-12)18-11-17(26-14(3)27-18)24-8-9-25-19(31)28-15-6-4-5-7-16(15)32-20(21,22)23/h4-7,10-11H,8-9H2,1-3H3,(H,24,26,27)(H2,25,28,31). The highest BCUT2D eigenvalue weighted by Gasteiger charge is 2.32. The van der Waals surface area contributed by atoms with Crippen LogP contribution in [0, 0.1) is 20.8 Å². The molecule has 0 radical (unpaired) electrons. The lowest BCUT2D eigenvalue weighted by molar-refractivity contribution is -0.274. The smallest absolute Gasteiger partial charge is 0.404 e. The van der Waals surface area contributed by atoms with E-state index in [0.29, 0.717) is 24.0 Å². The molecule has 2 heterocycles. The Balaban J connectivity index is 1.54. The van der Waals surface area contributed by atoms with E-state index in [1.165, 1.54) is 18.2 Å². The molecule has 0 spiro atoms. The second kappa shape index (κ2) is 9.54. The Hall–Kier alpha value is -3.83. The van der Waals surface area contributed by atoms with Crippen LogP contribution in [0.5, 0.6) is 5.75 Å². The van der Waals surface area contributed by atoms with Gasteiger partial charge in [-0.05, 0) is 39.0 Å². The van der Waals surface area contributed by atoms with Gasteiger partial charge in [0.1, 0.15) is 11.6 Å². The highest BCUT2D eigenvalue weighted by Crippen LogP contribution is 2.29. The molecular weight excluding hydrogens is 427 g/mol. The summed E-state index contributed by atoms with van der Waals surface area (Å²) < 4.78 is 43.1. The molecule has 2 amide bonds. The van der Waals surface area contributed by atoms with E-state index in [2.05, 4.69) is 35.8 Å². The molecule has 0 aliphatic heterocycles. The molecule has 0 fully saturated rings. The van der Waals surface area contributed by atoms with Crippen LogP contribution in [-0.4, -0.2) is 45.2 Å². The van der Waals surface area contributed by atoms with Gasteiger partial charge in [0.05, 0.1) is 11.4 Å². The third-order valence-corrected chi connectivity index (χ3v) is 4.13. The monoisotopic (exact) mass is 449 g/mol. The molecule has 12 heteroatoms. The van der Waals surface area contributed by atoms with Crippen molar-refractivity contribution < 1.29 is 22.7 Å². The first-order valence-electron chi connectivity index (χ1n) is 9.63. The number of ether oxygens (including phenoxy) is 1. The molecule has 0 saturated carbocycles. The van der Waals surface area contributed by atoms with Gasteiger partial charge < -0.3 is 20.7 Å². The number of aromatic nitrogens is 4. The Morgan fingerprint density at radius 2 is 1.84 bits per heavy atom. The Labute approximate surface area is 182 Å². The van der Waals surface area contributed by atoms with Crippen LogP contribution in [0.15, 0.2) is 36.4 Å². The number of nitrogens with zero attached hydrogens (tertiary/aromatic N) is 4.